The van der Waals surface area contributed by atoms with Crippen molar-refractivity contribution < 1.29 is 9.53 Å². The molecule has 58 valence electrons. The summed E-state index contributed by atoms with van der Waals surface area (Å²) in [5.41, 5.74) is 0. The molecule has 0 saturated heterocycles. The van der Waals surface area contributed by atoms with Crippen LogP contribution in [0.15, 0.2) is 0 Å². The summed E-state index contributed by atoms with van der Waals surface area (Å²) in [4.78, 5) is 9.97. The molecule has 2 nitrogen and oxygen atoms in total. The highest BCUT2D eigenvalue weighted by molar-refractivity contribution is 9.10. The maximum atomic E-state index is 9.97. The molecule has 0 aromatic rings. The van der Waals surface area contributed by atoms with Crippen LogP contribution in [0.3, 0.4) is 0 Å². The second-order valence-electron chi connectivity index (χ2n) is 2.96. The lowest BCUT2D eigenvalue weighted by Crippen LogP contribution is -2.20. The van der Waals surface area contributed by atoms with E-state index in [-0.39, 0.29) is 0 Å². The summed E-state index contributed by atoms with van der Waals surface area (Å²) in [5, 5.41) is 0. The summed E-state index contributed by atoms with van der Waals surface area (Å²) in [6.07, 6.45) is 3.50. The lowest BCUT2D eigenvalue weighted by atomic mass is 10.2. The molecule has 3 heteroatoms. The molecular weight excluding hydrogens is 196 g/mol. The van der Waals surface area contributed by atoms with Crippen LogP contribution >= 0.6 is 15.9 Å². The number of halogens is 1. The minimum Gasteiger partial charge on any atom is -0.450 e. The van der Waals surface area contributed by atoms with Gasteiger partial charge < -0.3 is 4.74 Å². The van der Waals surface area contributed by atoms with Crippen molar-refractivity contribution in [1.29, 1.82) is 0 Å². The summed E-state index contributed by atoms with van der Waals surface area (Å²) >= 11 is 3.33. The van der Waals surface area contributed by atoms with Crippen molar-refractivity contribution in [2.24, 2.45) is 5.92 Å². The first kappa shape index (κ1) is 8.05. The zero-order chi connectivity index (χ0) is 7.61. The van der Waals surface area contributed by atoms with Gasteiger partial charge in [0.1, 0.15) is 0 Å². The second-order valence-corrected chi connectivity index (χ2v) is 4.64. The summed E-state index contributed by atoms with van der Waals surface area (Å²) < 4.78 is 4.40. The first-order chi connectivity index (χ1) is 4.64. The Kier molecular flexibility index (Phi) is 2.34. The van der Waals surface area contributed by atoms with Crippen molar-refractivity contribution in [3.05, 3.63) is 0 Å². The van der Waals surface area contributed by atoms with Crippen LogP contribution in [0.25, 0.3) is 0 Å². The number of ether oxygens (including phenoxy) is 1. The van der Waals surface area contributed by atoms with Crippen LogP contribution in [0.2, 0.25) is 0 Å². The molecule has 10 heavy (non-hydrogen) atoms. The zero-order valence-electron chi connectivity index (χ0n) is 5.97. The van der Waals surface area contributed by atoms with Crippen LogP contribution in [0, 0.1) is 5.92 Å². The summed E-state index contributed by atoms with van der Waals surface area (Å²) in [6, 6.07) is 0. The van der Waals surface area contributed by atoms with E-state index in [2.05, 4.69) is 15.9 Å². The van der Waals surface area contributed by atoms with Crippen molar-refractivity contribution in [2.75, 3.05) is 0 Å². The van der Waals surface area contributed by atoms with E-state index in [1.54, 1.807) is 0 Å². The van der Waals surface area contributed by atoms with Crippen LogP contribution < -0.4 is 0 Å². The SMILES string of the molecule is CC(Br)(CC1CC1)OC=O. The third kappa shape index (κ3) is 2.69. The van der Waals surface area contributed by atoms with Gasteiger partial charge in [-0.15, -0.1) is 0 Å². The monoisotopic (exact) mass is 206 g/mol. The molecule has 0 aromatic heterocycles. The van der Waals surface area contributed by atoms with Gasteiger partial charge in [-0.25, -0.2) is 0 Å². The van der Waals surface area contributed by atoms with Crippen molar-refractivity contribution in [3.63, 3.8) is 0 Å². The summed E-state index contributed by atoms with van der Waals surface area (Å²) in [7, 11) is 0. The molecule has 0 bridgehead atoms. The molecular formula is C7H11BrO2. The van der Waals surface area contributed by atoms with Gasteiger partial charge in [-0.1, -0.05) is 12.8 Å². The average molecular weight is 207 g/mol. The summed E-state index contributed by atoms with van der Waals surface area (Å²) in [6.45, 7) is 2.37. The van der Waals surface area contributed by atoms with Gasteiger partial charge in [0.25, 0.3) is 6.47 Å². The van der Waals surface area contributed by atoms with Crippen LogP contribution in [0.5, 0.6) is 0 Å². The van der Waals surface area contributed by atoms with Gasteiger partial charge >= 0.3 is 0 Å². The number of carbonyl (C=O) groups excluding carboxylic acids is 1. The molecule has 1 atom stereocenters. The third-order valence-corrected chi connectivity index (χ3v) is 2.15. The largest absolute Gasteiger partial charge is 0.450 e. The highest BCUT2D eigenvalue weighted by Crippen LogP contribution is 2.40. The fraction of sp³-hybridized carbons (Fsp3) is 0.857. The maximum absolute atomic E-state index is 9.97. The standard InChI is InChI=1S/C7H11BrO2/c1-7(8,10-5-9)4-6-2-3-6/h5-6H,2-4H2,1H3. The third-order valence-electron chi connectivity index (χ3n) is 1.64. The molecule has 1 unspecified atom stereocenters. The Morgan fingerprint density at radius 1 is 1.80 bits per heavy atom. The molecule has 0 radical (unpaired) electrons. The lowest BCUT2D eigenvalue weighted by Gasteiger charge is -2.19. The predicted octanol–water partition coefficient (Wildman–Crippen LogP) is 2.07. The maximum Gasteiger partial charge on any atom is 0.294 e. The predicted molar refractivity (Wildman–Crippen MR) is 41.8 cm³/mol. The Morgan fingerprint density at radius 2 is 2.40 bits per heavy atom. The first-order valence-electron chi connectivity index (χ1n) is 3.44. The molecule has 1 rings (SSSR count). The van der Waals surface area contributed by atoms with Crippen LogP contribution in [0.4, 0.5) is 0 Å². The zero-order valence-corrected chi connectivity index (χ0v) is 7.56. The van der Waals surface area contributed by atoms with Crippen LogP contribution in [-0.4, -0.2) is 11.0 Å². The fourth-order valence-electron chi connectivity index (χ4n) is 0.986. The van der Waals surface area contributed by atoms with E-state index in [1.807, 2.05) is 6.92 Å². The number of hydrogen-bond acceptors (Lipinski definition) is 2. The summed E-state index contributed by atoms with van der Waals surface area (Å²) in [5.74, 6) is 0.768. The quantitative estimate of drug-likeness (QED) is 0.521. The Labute approximate surface area is 69.1 Å². The van der Waals surface area contributed by atoms with E-state index in [1.165, 1.54) is 12.8 Å². The van der Waals surface area contributed by atoms with Crippen molar-refractivity contribution in [3.8, 4) is 0 Å². The van der Waals surface area contributed by atoms with Gasteiger partial charge in [0.15, 0.2) is 4.51 Å². The number of carbonyl (C=O) groups is 1. The molecule has 0 spiro atoms. The Balaban J connectivity index is 2.25. The minimum absolute atomic E-state index is 0.421. The Hall–Kier alpha value is -0.0500. The molecule has 0 aliphatic heterocycles. The number of rotatable bonds is 4. The van der Waals surface area contributed by atoms with Gasteiger partial charge in [0.05, 0.1) is 0 Å². The lowest BCUT2D eigenvalue weighted by molar-refractivity contribution is -0.134. The molecule has 1 aliphatic rings. The number of hydrogen-bond donors (Lipinski definition) is 0. The highest BCUT2D eigenvalue weighted by Gasteiger charge is 2.32. The van der Waals surface area contributed by atoms with Gasteiger partial charge in [-0.3, -0.25) is 4.79 Å². The molecule has 0 amide bonds. The second kappa shape index (κ2) is 2.91. The van der Waals surface area contributed by atoms with E-state index < -0.39 is 4.51 Å². The van der Waals surface area contributed by atoms with Gasteiger partial charge in [-0.05, 0) is 35.2 Å². The van der Waals surface area contributed by atoms with Crippen molar-refractivity contribution in [1.82, 2.24) is 0 Å². The molecule has 1 aliphatic carbocycles. The molecule has 1 saturated carbocycles. The number of alkyl halides is 1. The van der Waals surface area contributed by atoms with E-state index in [9.17, 15) is 4.79 Å². The fourth-order valence-corrected chi connectivity index (χ4v) is 1.52. The van der Waals surface area contributed by atoms with E-state index in [0.29, 0.717) is 6.47 Å². The van der Waals surface area contributed by atoms with Crippen molar-refractivity contribution in [2.45, 2.75) is 30.7 Å². The van der Waals surface area contributed by atoms with Crippen LogP contribution in [0.1, 0.15) is 26.2 Å². The van der Waals surface area contributed by atoms with E-state index in [0.717, 1.165) is 12.3 Å². The normalized spacial score (nSPS) is 23.4. The van der Waals surface area contributed by atoms with Gasteiger partial charge in [-0.2, -0.15) is 0 Å². The molecule has 0 N–H and O–H groups in total. The topological polar surface area (TPSA) is 26.3 Å². The average Bonchev–Trinajstić information content (AvgIpc) is 2.48. The Morgan fingerprint density at radius 3 is 2.80 bits per heavy atom. The molecule has 0 aromatic carbocycles. The highest BCUT2D eigenvalue weighted by atomic mass is 79.9. The van der Waals surface area contributed by atoms with E-state index >= 15 is 0 Å². The van der Waals surface area contributed by atoms with Crippen molar-refractivity contribution >= 4 is 22.4 Å². The van der Waals surface area contributed by atoms with E-state index in [4.69, 9.17) is 4.74 Å². The molecule has 1 fully saturated rings. The van der Waals surface area contributed by atoms with Gasteiger partial charge in [0, 0.05) is 0 Å². The van der Waals surface area contributed by atoms with Gasteiger partial charge in [0.2, 0.25) is 0 Å². The molecule has 0 heterocycles. The Bertz CT molecular complexity index is 130. The van der Waals surface area contributed by atoms with Crippen LogP contribution in [-0.2, 0) is 9.53 Å². The minimum atomic E-state index is -0.421. The smallest absolute Gasteiger partial charge is 0.294 e. The first-order valence-corrected chi connectivity index (χ1v) is 4.24.